The molecule has 7 heteroatoms. The molecule has 0 saturated heterocycles. The number of nitrogens with zero attached hydrogens (tertiary/aromatic N) is 2. The molecular formula is C11H17F3N4. The Morgan fingerprint density at radius 3 is 2.33 bits per heavy atom. The van der Waals surface area contributed by atoms with E-state index < -0.39 is 11.9 Å². The number of rotatable bonds is 5. The molecule has 0 aliphatic rings. The van der Waals surface area contributed by atoms with Crippen molar-refractivity contribution in [1.82, 2.24) is 10.2 Å². The summed E-state index contributed by atoms with van der Waals surface area (Å²) < 4.78 is 36.9. The summed E-state index contributed by atoms with van der Waals surface area (Å²) >= 11 is 0. The number of nitrogens with one attached hydrogen (secondary N) is 1. The maximum Gasteiger partial charge on any atom is 0.435 e. The SMILES string of the molecule is CC(C)C(CCN)Nc1ccc(C(F)(F)F)nn1. The van der Waals surface area contributed by atoms with Crippen molar-refractivity contribution in [2.75, 3.05) is 11.9 Å². The van der Waals surface area contributed by atoms with E-state index in [0.717, 1.165) is 12.5 Å². The maximum absolute atomic E-state index is 12.3. The van der Waals surface area contributed by atoms with Crippen LogP contribution in [0.2, 0.25) is 0 Å². The third-order valence-electron chi connectivity index (χ3n) is 2.57. The van der Waals surface area contributed by atoms with Crippen molar-refractivity contribution in [3.05, 3.63) is 17.8 Å². The molecule has 0 aromatic carbocycles. The second-order valence-corrected chi connectivity index (χ2v) is 4.37. The van der Waals surface area contributed by atoms with Crippen LogP contribution in [0, 0.1) is 5.92 Å². The molecule has 3 N–H and O–H groups in total. The molecule has 1 atom stereocenters. The molecule has 1 heterocycles. The lowest BCUT2D eigenvalue weighted by atomic mass is 10.0. The van der Waals surface area contributed by atoms with E-state index in [9.17, 15) is 13.2 Å². The molecule has 0 spiro atoms. The van der Waals surface area contributed by atoms with Crippen LogP contribution in [0.25, 0.3) is 0 Å². The minimum absolute atomic E-state index is 0.0704. The summed E-state index contributed by atoms with van der Waals surface area (Å²) in [5.74, 6) is 0.632. The van der Waals surface area contributed by atoms with Crippen molar-refractivity contribution in [2.24, 2.45) is 11.7 Å². The van der Waals surface area contributed by atoms with Gasteiger partial charge in [-0.1, -0.05) is 13.8 Å². The summed E-state index contributed by atoms with van der Waals surface area (Å²) in [4.78, 5) is 0. The number of anilines is 1. The first-order chi connectivity index (χ1) is 8.34. The van der Waals surface area contributed by atoms with Gasteiger partial charge in [0.2, 0.25) is 0 Å². The van der Waals surface area contributed by atoms with Crippen LogP contribution in [-0.4, -0.2) is 22.8 Å². The molecule has 0 aliphatic heterocycles. The van der Waals surface area contributed by atoms with Gasteiger partial charge in [-0.2, -0.15) is 13.2 Å². The molecule has 0 amide bonds. The number of aromatic nitrogens is 2. The average Bonchev–Trinajstić information content (AvgIpc) is 2.28. The summed E-state index contributed by atoms with van der Waals surface area (Å²) in [6, 6.07) is 2.26. The van der Waals surface area contributed by atoms with E-state index in [1.165, 1.54) is 6.07 Å². The fourth-order valence-corrected chi connectivity index (χ4v) is 1.50. The molecule has 102 valence electrons. The first kappa shape index (κ1) is 14.7. The third-order valence-corrected chi connectivity index (χ3v) is 2.57. The van der Waals surface area contributed by atoms with Gasteiger partial charge >= 0.3 is 6.18 Å². The molecule has 0 aliphatic carbocycles. The van der Waals surface area contributed by atoms with Crippen molar-refractivity contribution < 1.29 is 13.2 Å². The molecular weight excluding hydrogens is 245 g/mol. The highest BCUT2D eigenvalue weighted by molar-refractivity contribution is 5.34. The predicted molar refractivity (Wildman–Crippen MR) is 63.0 cm³/mol. The van der Waals surface area contributed by atoms with E-state index >= 15 is 0 Å². The summed E-state index contributed by atoms with van der Waals surface area (Å²) in [5, 5.41) is 9.72. The molecule has 1 aromatic heterocycles. The molecule has 1 unspecified atom stereocenters. The maximum atomic E-state index is 12.3. The summed E-state index contributed by atoms with van der Waals surface area (Å²) in [6.07, 6.45) is -3.74. The van der Waals surface area contributed by atoms with Gasteiger partial charge in [-0.15, -0.1) is 10.2 Å². The van der Waals surface area contributed by atoms with Crippen molar-refractivity contribution in [1.29, 1.82) is 0 Å². The van der Waals surface area contributed by atoms with Crippen LogP contribution in [-0.2, 0) is 6.18 Å². The Morgan fingerprint density at radius 2 is 1.94 bits per heavy atom. The second kappa shape index (κ2) is 5.99. The van der Waals surface area contributed by atoms with Gasteiger partial charge in [-0.05, 0) is 31.0 Å². The third kappa shape index (κ3) is 4.14. The lowest BCUT2D eigenvalue weighted by Crippen LogP contribution is -2.29. The van der Waals surface area contributed by atoms with Gasteiger partial charge < -0.3 is 11.1 Å². The topological polar surface area (TPSA) is 63.8 Å². The standard InChI is InChI=1S/C11H17F3N4/c1-7(2)8(5-6-15)16-10-4-3-9(17-18-10)11(12,13)14/h3-4,7-8H,5-6,15H2,1-2H3,(H,16,18). The molecule has 1 aromatic rings. The zero-order valence-corrected chi connectivity index (χ0v) is 10.3. The zero-order valence-electron chi connectivity index (χ0n) is 10.3. The first-order valence-electron chi connectivity index (χ1n) is 5.72. The highest BCUT2D eigenvalue weighted by atomic mass is 19.4. The molecule has 0 radical (unpaired) electrons. The Bertz CT molecular complexity index is 362. The molecule has 0 saturated carbocycles. The summed E-state index contributed by atoms with van der Waals surface area (Å²) in [6.45, 7) is 4.51. The van der Waals surface area contributed by atoms with E-state index in [2.05, 4.69) is 15.5 Å². The fraction of sp³-hybridized carbons (Fsp3) is 0.636. The predicted octanol–water partition coefficient (Wildman–Crippen LogP) is 2.28. The first-order valence-corrected chi connectivity index (χ1v) is 5.72. The van der Waals surface area contributed by atoms with Crippen LogP contribution in [0.5, 0.6) is 0 Å². The Hall–Kier alpha value is -1.37. The minimum Gasteiger partial charge on any atom is -0.366 e. The Balaban J connectivity index is 2.73. The van der Waals surface area contributed by atoms with Gasteiger partial charge in [-0.25, -0.2) is 0 Å². The van der Waals surface area contributed by atoms with Crippen molar-refractivity contribution in [2.45, 2.75) is 32.5 Å². The molecule has 1 rings (SSSR count). The number of nitrogens with two attached hydrogens (primary N) is 1. The lowest BCUT2D eigenvalue weighted by molar-refractivity contribution is -0.141. The van der Waals surface area contributed by atoms with Crippen LogP contribution in [0.3, 0.4) is 0 Å². The van der Waals surface area contributed by atoms with Crippen LogP contribution >= 0.6 is 0 Å². The Morgan fingerprint density at radius 1 is 1.28 bits per heavy atom. The van der Waals surface area contributed by atoms with Gasteiger partial charge in [0.25, 0.3) is 0 Å². The summed E-state index contributed by atoms with van der Waals surface area (Å²) in [7, 11) is 0. The second-order valence-electron chi connectivity index (χ2n) is 4.37. The van der Waals surface area contributed by atoms with Crippen LogP contribution in [0.1, 0.15) is 26.0 Å². The largest absolute Gasteiger partial charge is 0.435 e. The van der Waals surface area contributed by atoms with E-state index in [0.29, 0.717) is 18.3 Å². The van der Waals surface area contributed by atoms with Crippen molar-refractivity contribution >= 4 is 5.82 Å². The van der Waals surface area contributed by atoms with Gasteiger partial charge in [0, 0.05) is 6.04 Å². The highest BCUT2D eigenvalue weighted by Gasteiger charge is 2.32. The quantitative estimate of drug-likeness (QED) is 0.854. The molecule has 0 fully saturated rings. The number of hydrogen-bond acceptors (Lipinski definition) is 4. The monoisotopic (exact) mass is 262 g/mol. The fourth-order valence-electron chi connectivity index (χ4n) is 1.50. The van der Waals surface area contributed by atoms with E-state index in [-0.39, 0.29) is 6.04 Å². The zero-order chi connectivity index (χ0) is 13.8. The van der Waals surface area contributed by atoms with Gasteiger partial charge in [-0.3, -0.25) is 0 Å². The van der Waals surface area contributed by atoms with Crippen LogP contribution in [0.15, 0.2) is 12.1 Å². The average molecular weight is 262 g/mol. The summed E-state index contributed by atoms with van der Waals surface area (Å²) in [5.41, 5.74) is 4.48. The van der Waals surface area contributed by atoms with Crippen LogP contribution < -0.4 is 11.1 Å². The van der Waals surface area contributed by atoms with E-state index in [1.54, 1.807) is 0 Å². The van der Waals surface area contributed by atoms with Crippen molar-refractivity contribution in [3.8, 4) is 0 Å². The smallest absolute Gasteiger partial charge is 0.366 e. The van der Waals surface area contributed by atoms with Crippen LogP contribution in [0.4, 0.5) is 19.0 Å². The Kier molecular flexibility index (Phi) is 4.89. The van der Waals surface area contributed by atoms with E-state index in [4.69, 9.17) is 5.73 Å². The van der Waals surface area contributed by atoms with Gasteiger partial charge in [0.1, 0.15) is 5.82 Å². The Labute approximate surface area is 104 Å². The number of alkyl halides is 3. The number of hydrogen-bond donors (Lipinski definition) is 2. The molecule has 18 heavy (non-hydrogen) atoms. The number of halogens is 3. The van der Waals surface area contributed by atoms with E-state index in [1.807, 2.05) is 13.8 Å². The minimum atomic E-state index is -4.46. The molecule has 4 nitrogen and oxygen atoms in total. The van der Waals surface area contributed by atoms with Gasteiger partial charge in [0.05, 0.1) is 0 Å². The van der Waals surface area contributed by atoms with Crippen molar-refractivity contribution in [3.63, 3.8) is 0 Å². The lowest BCUT2D eigenvalue weighted by Gasteiger charge is -2.22. The molecule has 0 bridgehead atoms. The van der Waals surface area contributed by atoms with Gasteiger partial charge in [0.15, 0.2) is 5.69 Å². The normalized spacial score (nSPS) is 13.7. The highest BCUT2D eigenvalue weighted by Crippen LogP contribution is 2.27.